The molecule has 0 radical (unpaired) electrons. The highest BCUT2D eigenvalue weighted by Crippen LogP contribution is 2.53. The third-order valence-corrected chi connectivity index (χ3v) is 18.6. The fraction of sp³-hybridized carbons (Fsp3) is 0.458. The minimum Gasteiger partial charge on any atom is -0.493 e. The number of halogens is 1. The van der Waals surface area contributed by atoms with Crippen molar-refractivity contribution in [3.05, 3.63) is 141 Å². The highest BCUT2D eigenvalue weighted by molar-refractivity contribution is 7.90. The number of pyridine rings is 1. The zero-order chi connectivity index (χ0) is 53.6. The molecule has 2 aliphatic carbocycles. The Hall–Kier alpha value is -6.60. The number of fused-ring (bicyclic) bond motifs is 2. The summed E-state index contributed by atoms with van der Waals surface area (Å²) in [6, 6.07) is 26.4. The molecule has 5 aliphatic rings. The van der Waals surface area contributed by atoms with Crippen molar-refractivity contribution in [2.75, 3.05) is 56.1 Å². The summed E-state index contributed by atoms with van der Waals surface area (Å²) in [6.45, 7) is 12.9. The minimum absolute atomic E-state index is 0.0258. The monoisotopic (exact) mass is 1070 g/mol. The van der Waals surface area contributed by atoms with E-state index in [0.29, 0.717) is 37.0 Å². The van der Waals surface area contributed by atoms with Crippen LogP contribution < -0.4 is 24.4 Å². The van der Waals surface area contributed by atoms with Gasteiger partial charge in [-0.3, -0.25) is 24.7 Å². The first-order valence-corrected chi connectivity index (χ1v) is 28.8. The molecule has 16 nitrogen and oxygen atoms in total. The van der Waals surface area contributed by atoms with Gasteiger partial charge in [0.15, 0.2) is 0 Å². The third kappa shape index (κ3) is 11.3. The van der Waals surface area contributed by atoms with E-state index in [9.17, 15) is 32.8 Å². The number of nitrogens with one attached hydrogen (secondary N) is 3. The number of nitrogens with zero attached hydrogens (tertiary/aromatic N) is 5. The van der Waals surface area contributed by atoms with E-state index in [1.165, 1.54) is 58.9 Å². The fourth-order valence-electron chi connectivity index (χ4n) is 12.7. The van der Waals surface area contributed by atoms with Crippen LogP contribution in [0.25, 0.3) is 11.0 Å². The molecule has 18 heteroatoms. The number of aromatic nitrogens is 2. The summed E-state index contributed by atoms with van der Waals surface area (Å²) in [5, 5.41) is 25.9. The summed E-state index contributed by atoms with van der Waals surface area (Å²) in [7, 11) is -4.64. The Morgan fingerprint density at radius 3 is 2.57 bits per heavy atom. The first-order chi connectivity index (χ1) is 37.0. The number of aryl methyl sites for hydroxylation is 1. The number of hydrogen-bond acceptors (Lipinski definition) is 13. The Bertz CT molecular complexity index is 3290. The van der Waals surface area contributed by atoms with Crippen molar-refractivity contribution >= 4 is 44.0 Å². The largest absolute Gasteiger partial charge is 0.493 e. The van der Waals surface area contributed by atoms with Crippen LogP contribution >= 0.6 is 0 Å². The van der Waals surface area contributed by atoms with Gasteiger partial charge < -0.3 is 29.8 Å². The summed E-state index contributed by atoms with van der Waals surface area (Å²) in [6.07, 6.45) is 11.6. The van der Waals surface area contributed by atoms with Crippen LogP contribution in [0.4, 0.5) is 21.5 Å². The molecule has 11 rings (SSSR count). The molecule has 2 saturated carbocycles. The predicted molar refractivity (Wildman–Crippen MR) is 294 cm³/mol. The van der Waals surface area contributed by atoms with Crippen LogP contribution in [0.15, 0.2) is 102 Å². The Morgan fingerprint density at radius 1 is 1.00 bits per heavy atom. The molecule has 77 heavy (non-hydrogen) atoms. The van der Waals surface area contributed by atoms with E-state index in [-0.39, 0.29) is 45.5 Å². The number of aliphatic hydroxyl groups is 1. The summed E-state index contributed by atoms with van der Waals surface area (Å²) < 4.78 is 57.0. The first kappa shape index (κ1) is 52.5. The molecular weight excluding hydrogens is 1000 g/mol. The van der Waals surface area contributed by atoms with Gasteiger partial charge in [0.05, 0.1) is 39.2 Å². The first-order valence-electron chi connectivity index (χ1n) is 27.3. The molecule has 1 amide bonds. The zero-order valence-corrected chi connectivity index (χ0v) is 44.9. The zero-order valence-electron chi connectivity index (χ0n) is 44.1. The highest BCUT2D eigenvalue weighted by Gasteiger charge is 2.50. The van der Waals surface area contributed by atoms with Crippen molar-refractivity contribution in [1.82, 2.24) is 24.5 Å². The average Bonchev–Trinajstić information content (AvgIpc) is 3.80. The molecule has 406 valence electrons. The number of ether oxygens (including phenoxy) is 2. The second-order valence-corrected chi connectivity index (χ2v) is 24.6. The SMILES string of the molecule is CC(C)c1ccccc1[C@@H]1CN(Cc2ccc3c(c2)OCCC3)CCN1C1CC2(CCN(c3ccc(C(=O)NS(=O)(=O)c4ccc(NC[C@H]5CC[C@](C)(O)CC5)c([N+](=O)[O-])c4)c(Oc4cnc5[nH]cc(F)c5c4)c3)CC2)C1. The number of aromatic amines is 1. The average molecular weight is 1070 g/mol. The van der Waals surface area contributed by atoms with Gasteiger partial charge in [-0.25, -0.2) is 22.5 Å². The van der Waals surface area contributed by atoms with Crippen LogP contribution in [0.5, 0.6) is 17.2 Å². The number of amides is 1. The van der Waals surface area contributed by atoms with Crippen molar-refractivity contribution in [2.45, 2.75) is 120 Å². The van der Waals surface area contributed by atoms with Crippen LogP contribution in [0, 0.1) is 27.3 Å². The standard InChI is InChI=1S/C59H69FN8O8S/c1-38(2)46-8-4-5-9-47(46)53-37-65(36-40-10-11-41-7-6-26-75-54(41)27-40)24-25-67(53)43-31-59(32-43)20-22-66(23-21-59)42-12-14-48(55(28-42)76-44-29-49-50(60)35-63-56(49)62-34-44)57(69)64-77(73,74)45-13-15-51(52(30-45)68(71)72)61-33-39-16-18-58(3,70)19-17-39/h4-5,8-15,27-30,34-35,38-39,43,53,61,70H,6-7,16-26,31-33,36-37H2,1-3H3,(H,62,63)(H,64,69)/t39-,53-,58-/m0/s1. The number of sulfonamides is 1. The maximum absolute atomic E-state index is 14.8. The molecule has 0 unspecified atom stereocenters. The van der Waals surface area contributed by atoms with Gasteiger partial charge >= 0.3 is 0 Å². The molecule has 5 heterocycles. The lowest BCUT2D eigenvalue weighted by molar-refractivity contribution is -0.384. The number of carbonyl (C=O) groups is 1. The fourth-order valence-corrected chi connectivity index (χ4v) is 13.7. The lowest BCUT2D eigenvalue weighted by Crippen LogP contribution is -2.60. The van der Waals surface area contributed by atoms with Crippen molar-refractivity contribution in [3.8, 4) is 17.2 Å². The molecule has 3 aliphatic heterocycles. The van der Waals surface area contributed by atoms with Gasteiger partial charge in [-0.15, -0.1) is 0 Å². The molecule has 1 atom stereocenters. The van der Waals surface area contributed by atoms with Gasteiger partial charge in [-0.05, 0) is 147 Å². The van der Waals surface area contributed by atoms with Gasteiger partial charge in [-0.1, -0.05) is 50.2 Å². The number of carbonyl (C=O) groups excluding carboxylic acids is 1. The number of anilines is 2. The normalized spacial score (nSPS) is 22.1. The molecule has 2 aromatic heterocycles. The lowest BCUT2D eigenvalue weighted by atomic mass is 9.59. The van der Waals surface area contributed by atoms with Crippen LogP contribution in [0.3, 0.4) is 0 Å². The Morgan fingerprint density at radius 2 is 1.79 bits per heavy atom. The summed E-state index contributed by atoms with van der Waals surface area (Å²) in [4.78, 5) is 40.0. The van der Waals surface area contributed by atoms with Crippen LogP contribution in [-0.2, 0) is 23.0 Å². The quantitative estimate of drug-likeness (QED) is 0.0561. The highest BCUT2D eigenvalue weighted by atomic mass is 32.2. The van der Waals surface area contributed by atoms with Crippen LogP contribution in [0.1, 0.15) is 123 Å². The molecule has 4 aromatic carbocycles. The van der Waals surface area contributed by atoms with Crippen molar-refractivity contribution in [1.29, 1.82) is 0 Å². The number of benzene rings is 4. The minimum atomic E-state index is -4.64. The molecule has 4 fully saturated rings. The van der Waals surface area contributed by atoms with E-state index >= 15 is 0 Å². The number of H-pyrrole nitrogens is 1. The van der Waals surface area contributed by atoms with Gasteiger partial charge in [0.2, 0.25) is 0 Å². The van der Waals surface area contributed by atoms with Gasteiger partial charge in [-0.2, -0.15) is 0 Å². The predicted octanol–water partition coefficient (Wildman–Crippen LogP) is 10.6. The number of piperazine rings is 1. The molecule has 2 saturated heterocycles. The van der Waals surface area contributed by atoms with E-state index in [1.807, 2.05) is 0 Å². The number of nitro groups is 1. The third-order valence-electron chi connectivity index (χ3n) is 17.2. The molecule has 6 aromatic rings. The Labute approximate surface area is 449 Å². The second kappa shape index (κ2) is 21.3. The van der Waals surface area contributed by atoms with E-state index in [1.54, 1.807) is 19.1 Å². The number of rotatable bonds is 15. The molecular formula is C59H69FN8O8S. The van der Waals surface area contributed by atoms with Gasteiger partial charge in [0.25, 0.3) is 21.6 Å². The number of piperidine rings is 1. The van der Waals surface area contributed by atoms with Crippen molar-refractivity contribution in [2.24, 2.45) is 11.3 Å². The van der Waals surface area contributed by atoms with E-state index in [2.05, 4.69) is 91.0 Å². The summed E-state index contributed by atoms with van der Waals surface area (Å²) in [5.41, 5.74) is 5.55. The van der Waals surface area contributed by atoms with Crippen molar-refractivity contribution < 1.29 is 37.1 Å². The van der Waals surface area contributed by atoms with Gasteiger partial charge in [0.1, 0.15) is 34.4 Å². The van der Waals surface area contributed by atoms with Gasteiger partial charge in [0, 0.05) is 81.9 Å². The maximum atomic E-state index is 14.8. The lowest BCUT2D eigenvalue weighted by Gasteiger charge is -2.58. The summed E-state index contributed by atoms with van der Waals surface area (Å²) in [5.74, 6) is 0.216. The Kier molecular flexibility index (Phi) is 14.5. The van der Waals surface area contributed by atoms with Crippen molar-refractivity contribution in [3.63, 3.8) is 0 Å². The van der Waals surface area contributed by atoms with Crippen LogP contribution in [0.2, 0.25) is 0 Å². The summed E-state index contributed by atoms with van der Waals surface area (Å²) >= 11 is 0. The number of hydrogen-bond donors (Lipinski definition) is 4. The molecule has 4 N–H and O–H groups in total. The van der Waals surface area contributed by atoms with E-state index in [4.69, 9.17) is 9.47 Å². The molecule has 1 spiro atoms. The number of nitro benzene ring substituents is 1. The van der Waals surface area contributed by atoms with E-state index < -0.39 is 42.9 Å². The van der Waals surface area contributed by atoms with Crippen LogP contribution in [-0.4, -0.2) is 102 Å². The smallest absolute Gasteiger partial charge is 0.293 e. The second-order valence-electron chi connectivity index (χ2n) is 22.9. The molecule has 0 bridgehead atoms. The maximum Gasteiger partial charge on any atom is 0.293 e. The topological polar surface area (TPSA) is 195 Å². The van der Waals surface area contributed by atoms with E-state index in [0.717, 1.165) is 115 Å². The Balaban J connectivity index is 0.783.